The summed E-state index contributed by atoms with van der Waals surface area (Å²) in [5, 5.41) is 10.3. The molecule has 0 fully saturated rings. The Labute approximate surface area is 122 Å². The molecule has 0 aliphatic rings. The van der Waals surface area contributed by atoms with Gasteiger partial charge in [-0.05, 0) is 6.07 Å². The molecule has 0 atom stereocenters. The van der Waals surface area contributed by atoms with Crippen LogP contribution in [0, 0.1) is 10.1 Å². The zero-order valence-corrected chi connectivity index (χ0v) is 11.7. The van der Waals surface area contributed by atoms with Crippen molar-refractivity contribution in [2.45, 2.75) is 0 Å². The summed E-state index contributed by atoms with van der Waals surface area (Å²) < 4.78 is 14.1. The molecule has 76 valence electrons. The second-order valence-electron chi connectivity index (χ2n) is 2.26. The van der Waals surface area contributed by atoms with Crippen LogP contribution in [0.2, 0.25) is 0 Å². The molecule has 0 amide bonds. The van der Waals surface area contributed by atoms with Gasteiger partial charge in [-0.25, -0.2) is 0 Å². The molecule has 15 heavy (non-hydrogen) atoms. The van der Waals surface area contributed by atoms with Crippen molar-refractivity contribution >= 4 is 59.0 Å². The molecular formula is C6H4NO6PSr. The third-order valence-corrected chi connectivity index (χ3v) is 1.69. The molecular weight excluding hydrogens is 301 g/mol. The van der Waals surface area contributed by atoms with E-state index < -0.39 is 24.2 Å². The maximum atomic E-state index is 10.3. The number of benzene rings is 1. The first kappa shape index (κ1) is 15.1. The topological polar surface area (TPSA) is 116 Å². The Morgan fingerprint density at radius 2 is 1.80 bits per heavy atom. The van der Waals surface area contributed by atoms with Crippen molar-refractivity contribution < 1.29 is 23.8 Å². The molecule has 1 aromatic carbocycles. The quantitative estimate of drug-likeness (QED) is 0.319. The molecule has 0 unspecified atom stereocenters. The van der Waals surface area contributed by atoms with E-state index in [9.17, 15) is 24.5 Å². The van der Waals surface area contributed by atoms with Crippen LogP contribution in [0.1, 0.15) is 0 Å². The minimum absolute atomic E-state index is 0. The maximum Gasteiger partial charge on any atom is 2.00 e. The predicted molar refractivity (Wildman–Crippen MR) is 47.1 cm³/mol. The van der Waals surface area contributed by atoms with Gasteiger partial charge in [0, 0.05) is 6.07 Å². The van der Waals surface area contributed by atoms with Crippen LogP contribution in [-0.2, 0) is 4.57 Å². The summed E-state index contributed by atoms with van der Waals surface area (Å²) in [5.41, 5.74) is -0.570. The SMILES string of the molecule is O=[N+]([O-])c1ccccc1OP(=O)([O-])[O-].[Sr+2]. The zero-order valence-electron chi connectivity index (χ0n) is 7.36. The Balaban J connectivity index is 0.00000196. The van der Waals surface area contributed by atoms with Gasteiger partial charge in [-0.1, -0.05) is 12.1 Å². The van der Waals surface area contributed by atoms with E-state index in [-0.39, 0.29) is 45.5 Å². The van der Waals surface area contributed by atoms with Crippen LogP contribution in [-0.4, -0.2) is 50.4 Å². The minimum atomic E-state index is -5.26. The van der Waals surface area contributed by atoms with E-state index in [2.05, 4.69) is 4.52 Å². The Kier molecular flexibility index (Phi) is 5.97. The largest absolute Gasteiger partial charge is 2.00 e. The van der Waals surface area contributed by atoms with Gasteiger partial charge >= 0.3 is 51.2 Å². The minimum Gasteiger partial charge on any atom is -0.780 e. The fourth-order valence-corrected chi connectivity index (χ4v) is 1.20. The number of para-hydroxylation sites is 2. The van der Waals surface area contributed by atoms with Crippen LogP contribution in [0.15, 0.2) is 24.3 Å². The number of hydrogen-bond donors (Lipinski definition) is 0. The summed E-state index contributed by atoms with van der Waals surface area (Å²) in [6.45, 7) is 0. The number of rotatable bonds is 3. The number of phosphoric ester groups is 1. The van der Waals surface area contributed by atoms with Gasteiger partial charge in [0.15, 0.2) is 0 Å². The van der Waals surface area contributed by atoms with Crippen LogP contribution in [0.5, 0.6) is 5.75 Å². The third kappa shape index (κ3) is 5.08. The first-order chi connectivity index (χ1) is 6.40. The molecule has 1 rings (SSSR count). The van der Waals surface area contributed by atoms with Crippen molar-refractivity contribution in [3.05, 3.63) is 34.4 Å². The summed E-state index contributed by atoms with van der Waals surface area (Å²) in [7, 11) is -5.26. The molecule has 0 aromatic heterocycles. The molecule has 0 N–H and O–H groups in total. The van der Waals surface area contributed by atoms with E-state index in [1.165, 1.54) is 12.1 Å². The van der Waals surface area contributed by atoms with Crippen molar-refractivity contribution in [3.8, 4) is 5.75 Å². The average Bonchev–Trinajstić information content (AvgIpc) is 2.01. The van der Waals surface area contributed by atoms with Crippen molar-refractivity contribution in [3.63, 3.8) is 0 Å². The van der Waals surface area contributed by atoms with E-state index >= 15 is 0 Å². The predicted octanol–water partition coefficient (Wildman–Crippen LogP) is -0.579. The van der Waals surface area contributed by atoms with Gasteiger partial charge in [0.1, 0.15) is 7.82 Å². The van der Waals surface area contributed by atoms with Gasteiger partial charge in [-0.15, -0.1) is 0 Å². The molecule has 0 spiro atoms. The van der Waals surface area contributed by atoms with E-state index in [1.807, 2.05) is 0 Å². The summed E-state index contributed by atoms with van der Waals surface area (Å²) in [6, 6.07) is 4.70. The average molecular weight is 305 g/mol. The number of nitrogens with zero attached hydrogens (tertiary/aromatic N) is 1. The standard InChI is InChI=1S/C6H6NO6P.Sr/c8-7(9)5-3-1-2-4-6(5)13-14(10,11)12;/h1-4H,(H2,10,11,12);/q;+2/p-2. The third-order valence-electron chi connectivity index (χ3n) is 1.27. The van der Waals surface area contributed by atoms with Crippen molar-refractivity contribution in [1.82, 2.24) is 0 Å². The smallest absolute Gasteiger partial charge is 0.780 e. The van der Waals surface area contributed by atoms with Crippen LogP contribution in [0.4, 0.5) is 5.69 Å². The van der Waals surface area contributed by atoms with Gasteiger partial charge in [-0.2, -0.15) is 0 Å². The van der Waals surface area contributed by atoms with Gasteiger partial charge in [0.2, 0.25) is 5.75 Å². The summed E-state index contributed by atoms with van der Waals surface area (Å²) >= 11 is 0. The number of nitro benzene ring substituents is 1. The molecule has 0 radical (unpaired) electrons. The first-order valence-corrected chi connectivity index (χ1v) is 4.81. The number of nitro groups is 1. The van der Waals surface area contributed by atoms with Gasteiger partial charge < -0.3 is 18.9 Å². The van der Waals surface area contributed by atoms with Gasteiger partial charge in [0.05, 0.1) is 4.92 Å². The van der Waals surface area contributed by atoms with E-state index in [0.29, 0.717) is 0 Å². The van der Waals surface area contributed by atoms with Crippen molar-refractivity contribution in [1.29, 1.82) is 0 Å². The molecule has 0 aliphatic carbocycles. The normalized spacial score (nSPS) is 10.3. The first-order valence-electron chi connectivity index (χ1n) is 3.35. The molecule has 0 bridgehead atoms. The van der Waals surface area contributed by atoms with Crippen molar-refractivity contribution in [2.24, 2.45) is 0 Å². The number of hydrogen-bond acceptors (Lipinski definition) is 6. The Hall–Kier alpha value is 0.0505. The fraction of sp³-hybridized carbons (Fsp3) is 0. The molecule has 0 saturated carbocycles. The second-order valence-corrected chi connectivity index (χ2v) is 3.34. The molecule has 0 heterocycles. The molecule has 0 saturated heterocycles. The Morgan fingerprint density at radius 3 is 2.27 bits per heavy atom. The van der Waals surface area contributed by atoms with Crippen LogP contribution < -0.4 is 14.3 Å². The van der Waals surface area contributed by atoms with E-state index in [1.54, 1.807) is 0 Å². The van der Waals surface area contributed by atoms with Crippen molar-refractivity contribution in [2.75, 3.05) is 0 Å². The monoisotopic (exact) mass is 305 g/mol. The van der Waals surface area contributed by atoms with E-state index in [4.69, 9.17) is 0 Å². The second kappa shape index (κ2) is 5.95. The summed E-state index contributed by atoms with van der Waals surface area (Å²) in [5.74, 6) is -0.578. The van der Waals surface area contributed by atoms with Crippen LogP contribution in [0.3, 0.4) is 0 Å². The fourth-order valence-electron chi connectivity index (χ4n) is 0.806. The van der Waals surface area contributed by atoms with E-state index in [0.717, 1.165) is 12.1 Å². The number of phosphoric acid groups is 1. The molecule has 9 heteroatoms. The van der Waals surface area contributed by atoms with Gasteiger partial charge in [0.25, 0.3) is 0 Å². The van der Waals surface area contributed by atoms with Crippen LogP contribution in [0.25, 0.3) is 0 Å². The molecule has 7 nitrogen and oxygen atoms in total. The summed E-state index contributed by atoms with van der Waals surface area (Å²) in [4.78, 5) is 29.9. The maximum absolute atomic E-state index is 10.3. The van der Waals surface area contributed by atoms with Gasteiger partial charge in [-0.3, -0.25) is 10.1 Å². The summed E-state index contributed by atoms with van der Waals surface area (Å²) in [6.07, 6.45) is 0. The Bertz CT molecular complexity index is 404. The van der Waals surface area contributed by atoms with Crippen LogP contribution >= 0.6 is 7.82 Å². The Morgan fingerprint density at radius 1 is 1.27 bits per heavy atom. The molecule has 0 aliphatic heterocycles. The molecule has 1 aromatic rings. The zero-order chi connectivity index (χ0) is 10.8.